The van der Waals surface area contributed by atoms with E-state index in [1.54, 1.807) is 0 Å². The van der Waals surface area contributed by atoms with Gasteiger partial charge in [-0.2, -0.15) is 0 Å². The van der Waals surface area contributed by atoms with E-state index >= 15 is 0 Å². The molecule has 1 rings (SSSR count). The highest BCUT2D eigenvalue weighted by atomic mass is 32.2. The SMILES string of the molecule is Cc1ccc(SC(OC(CO)C(F)CO)C(C)O)cc1. The molecular formula is C14H21FO4S. The number of aliphatic hydroxyl groups is 3. The fraction of sp³-hybridized carbons (Fsp3) is 0.571. The fourth-order valence-corrected chi connectivity index (χ4v) is 2.48. The van der Waals surface area contributed by atoms with Crippen LogP contribution in [0.3, 0.4) is 0 Å². The van der Waals surface area contributed by atoms with Crippen LogP contribution in [0.15, 0.2) is 29.2 Å². The van der Waals surface area contributed by atoms with Crippen LogP contribution in [0, 0.1) is 6.92 Å². The number of aliphatic hydroxyl groups excluding tert-OH is 3. The number of alkyl halides is 1. The Morgan fingerprint density at radius 2 is 1.80 bits per heavy atom. The first-order valence-corrected chi connectivity index (χ1v) is 7.28. The third kappa shape index (κ3) is 5.38. The monoisotopic (exact) mass is 304 g/mol. The molecule has 0 bridgehead atoms. The molecule has 20 heavy (non-hydrogen) atoms. The van der Waals surface area contributed by atoms with E-state index in [4.69, 9.17) is 14.9 Å². The molecule has 0 radical (unpaired) electrons. The minimum Gasteiger partial charge on any atom is -0.394 e. The Kier molecular flexibility index (Phi) is 7.47. The van der Waals surface area contributed by atoms with Crippen LogP contribution in [0.4, 0.5) is 4.39 Å². The molecule has 6 heteroatoms. The van der Waals surface area contributed by atoms with E-state index in [0.717, 1.165) is 10.5 Å². The van der Waals surface area contributed by atoms with Gasteiger partial charge in [-0.3, -0.25) is 0 Å². The number of ether oxygens (including phenoxy) is 1. The van der Waals surface area contributed by atoms with Crippen LogP contribution in [0.25, 0.3) is 0 Å². The summed E-state index contributed by atoms with van der Waals surface area (Å²) in [6, 6.07) is 7.62. The summed E-state index contributed by atoms with van der Waals surface area (Å²) in [6.45, 7) is 2.21. The van der Waals surface area contributed by atoms with Crippen molar-refractivity contribution in [3.8, 4) is 0 Å². The summed E-state index contributed by atoms with van der Waals surface area (Å²) < 4.78 is 18.8. The Bertz CT molecular complexity index is 385. The maximum absolute atomic E-state index is 13.4. The van der Waals surface area contributed by atoms with E-state index < -0.39 is 37.0 Å². The lowest BCUT2D eigenvalue weighted by molar-refractivity contribution is -0.0855. The largest absolute Gasteiger partial charge is 0.394 e. The third-order valence-electron chi connectivity index (χ3n) is 2.73. The summed E-state index contributed by atoms with van der Waals surface area (Å²) in [4.78, 5) is 0.873. The van der Waals surface area contributed by atoms with Crippen molar-refractivity contribution in [2.45, 2.75) is 42.6 Å². The first-order valence-electron chi connectivity index (χ1n) is 6.40. The first-order chi connectivity index (χ1) is 9.47. The Balaban J connectivity index is 2.71. The highest BCUT2D eigenvalue weighted by Crippen LogP contribution is 2.28. The van der Waals surface area contributed by atoms with E-state index in [9.17, 15) is 9.50 Å². The molecule has 0 saturated heterocycles. The molecular weight excluding hydrogens is 283 g/mol. The first kappa shape index (κ1) is 17.4. The van der Waals surface area contributed by atoms with Gasteiger partial charge in [0.05, 0.1) is 19.3 Å². The normalized spacial score (nSPS) is 17.5. The van der Waals surface area contributed by atoms with Gasteiger partial charge in [-0.25, -0.2) is 4.39 Å². The third-order valence-corrected chi connectivity index (χ3v) is 4.02. The zero-order chi connectivity index (χ0) is 15.1. The van der Waals surface area contributed by atoms with Gasteiger partial charge in [0, 0.05) is 4.90 Å². The zero-order valence-corrected chi connectivity index (χ0v) is 12.4. The highest BCUT2D eigenvalue weighted by molar-refractivity contribution is 7.99. The summed E-state index contributed by atoms with van der Waals surface area (Å²) in [6.07, 6.45) is -3.68. The molecule has 3 N–H and O–H groups in total. The maximum Gasteiger partial charge on any atom is 0.151 e. The van der Waals surface area contributed by atoms with Gasteiger partial charge in [0.15, 0.2) is 6.17 Å². The Morgan fingerprint density at radius 3 is 2.25 bits per heavy atom. The van der Waals surface area contributed by atoms with Crippen LogP contribution in [-0.4, -0.2) is 52.3 Å². The molecule has 4 unspecified atom stereocenters. The average Bonchev–Trinajstić information content (AvgIpc) is 2.44. The van der Waals surface area contributed by atoms with E-state index in [1.807, 2.05) is 31.2 Å². The van der Waals surface area contributed by atoms with E-state index in [-0.39, 0.29) is 0 Å². The average molecular weight is 304 g/mol. The topological polar surface area (TPSA) is 69.9 Å². The molecule has 0 saturated carbocycles. The maximum atomic E-state index is 13.4. The lowest BCUT2D eigenvalue weighted by atomic mass is 10.2. The molecule has 1 aromatic rings. The van der Waals surface area contributed by atoms with Crippen LogP contribution in [0.5, 0.6) is 0 Å². The van der Waals surface area contributed by atoms with Gasteiger partial charge < -0.3 is 20.1 Å². The summed E-state index contributed by atoms with van der Waals surface area (Å²) >= 11 is 1.25. The number of halogens is 1. The van der Waals surface area contributed by atoms with Crippen molar-refractivity contribution in [1.82, 2.24) is 0 Å². The van der Waals surface area contributed by atoms with E-state index in [2.05, 4.69) is 0 Å². The van der Waals surface area contributed by atoms with Gasteiger partial charge in [-0.1, -0.05) is 29.5 Å². The van der Waals surface area contributed by atoms with Crippen LogP contribution < -0.4 is 0 Å². The second-order valence-electron chi connectivity index (χ2n) is 4.60. The van der Waals surface area contributed by atoms with Crippen molar-refractivity contribution >= 4 is 11.8 Å². The minimum absolute atomic E-state index is 0.556. The Morgan fingerprint density at radius 1 is 1.20 bits per heavy atom. The fourth-order valence-electron chi connectivity index (χ4n) is 1.52. The van der Waals surface area contributed by atoms with Crippen LogP contribution in [0.2, 0.25) is 0 Å². The van der Waals surface area contributed by atoms with Crippen molar-refractivity contribution in [2.75, 3.05) is 13.2 Å². The number of benzene rings is 1. The van der Waals surface area contributed by atoms with E-state index in [0.29, 0.717) is 0 Å². The number of hydrogen-bond acceptors (Lipinski definition) is 5. The molecule has 0 aliphatic carbocycles. The van der Waals surface area contributed by atoms with Crippen LogP contribution in [0.1, 0.15) is 12.5 Å². The zero-order valence-electron chi connectivity index (χ0n) is 11.6. The van der Waals surface area contributed by atoms with Gasteiger partial charge in [0.25, 0.3) is 0 Å². The second kappa shape index (κ2) is 8.59. The van der Waals surface area contributed by atoms with Gasteiger partial charge in [0.2, 0.25) is 0 Å². The molecule has 4 atom stereocenters. The number of hydrogen-bond donors (Lipinski definition) is 3. The van der Waals surface area contributed by atoms with E-state index in [1.165, 1.54) is 18.7 Å². The molecule has 4 nitrogen and oxygen atoms in total. The minimum atomic E-state index is -1.68. The quantitative estimate of drug-likeness (QED) is 0.501. The number of thioether (sulfide) groups is 1. The van der Waals surface area contributed by atoms with Crippen molar-refractivity contribution in [3.63, 3.8) is 0 Å². The van der Waals surface area contributed by atoms with Crippen molar-refractivity contribution in [3.05, 3.63) is 29.8 Å². The molecule has 0 amide bonds. The van der Waals surface area contributed by atoms with Gasteiger partial charge >= 0.3 is 0 Å². The molecule has 0 heterocycles. The predicted octanol–water partition coefficient (Wildman–Crippen LogP) is 1.50. The number of aryl methyl sites for hydroxylation is 1. The molecule has 0 spiro atoms. The van der Waals surface area contributed by atoms with Gasteiger partial charge in [-0.15, -0.1) is 0 Å². The molecule has 114 valence electrons. The summed E-state index contributed by atoms with van der Waals surface area (Å²) in [5.74, 6) is 0. The van der Waals surface area contributed by atoms with Crippen molar-refractivity contribution < 1.29 is 24.4 Å². The molecule has 0 aliphatic rings. The second-order valence-corrected chi connectivity index (χ2v) is 5.77. The molecule has 0 aromatic heterocycles. The Labute approximate surface area is 122 Å². The van der Waals surface area contributed by atoms with Crippen molar-refractivity contribution in [2.24, 2.45) is 0 Å². The Hall–Kier alpha value is -0.660. The lowest BCUT2D eigenvalue weighted by Gasteiger charge is -2.26. The summed E-state index contributed by atoms with van der Waals surface area (Å²) in [5, 5.41) is 27.6. The number of rotatable bonds is 8. The smallest absolute Gasteiger partial charge is 0.151 e. The predicted molar refractivity (Wildman–Crippen MR) is 76.4 cm³/mol. The molecule has 0 fully saturated rings. The van der Waals surface area contributed by atoms with Gasteiger partial charge in [-0.05, 0) is 26.0 Å². The lowest BCUT2D eigenvalue weighted by Crippen LogP contribution is -2.38. The molecule has 1 aromatic carbocycles. The van der Waals surface area contributed by atoms with Crippen LogP contribution >= 0.6 is 11.8 Å². The van der Waals surface area contributed by atoms with Crippen LogP contribution in [-0.2, 0) is 4.74 Å². The molecule has 0 aliphatic heterocycles. The van der Waals surface area contributed by atoms with Gasteiger partial charge in [0.1, 0.15) is 11.5 Å². The summed E-state index contributed by atoms with van der Waals surface area (Å²) in [5.41, 5.74) is 0.390. The highest BCUT2D eigenvalue weighted by Gasteiger charge is 2.27. The summed E-state index contributed by atoms with van der Waals surface area (Å²) in [7, 11) is 0. The standard InChI is InChI=1S/C14H21FO4S/c1-9-3-5-11(6-4-9)20-14(10(2)18)19-13(8-17)12(15)7-16/h3-6,10,12-14,16-18H,7-8H2,1-2H3. The van der Waals surface area contributed by atoms with Crippen molar-refractivity contribution in [1.29, 1.82) is 0 Å².